The van der Waals surface area contributed by atoms with Crippen LogP contribution in [-0.4, -0.2) is 18.4 Å². The molecule has 0 aliphatic carbocycles. The van der Waals surface area contributed by atoms with Gasteiger partial charge in [0.25, 0.3) is 0 Å². The molecule has 1 atom stereocenters. The van der Waals surface area contributed by atoms with Crippen molar-refractivity contribution < 1.29 is 9.59 Å². The van der Waals surface area contributed by atoms with E-state index < -0.39 is 0 Å². The Bertz CT molecular complexity index is 863. The second-order valence-corrected chi connectivity index (χ2v) is 7.39. The van der Waals surface area contributed by atoms with Gasteiger partial charge >= 0.3 is 0 Å². The molecule has 1 heterocycles. The summed E-state index contributed by atoms with van der Waals surface area (Å²) in [6, 6.07) is 10.1. The highest BCUT2D eigenvalue weighted by Crippen LogP contribution is 2.30. The lowest BCUT2D eigenvalue weighted by Crippen LogP contribution is -2.29. The topological polar surface area (TPSA) is 49.4 Å². The average molecular weight is 350 g/mol. The summed E-state index contributed by atoms with van der Waals surface area (Å²) in [7, 11) is 0. The maximum Gasteiger partial charge on any atom is 0.229 e. The van der Waals surface area contributed by atoms with Crippen LogP contribution in [0.3, 0.4) is 0 Å². The van der Waals surface area contributed by atoms with Crippen molar-refractivity contribution in [3.63, 3.8) is 0 Å². The molecule has 2 aromatic rings. The van der Waals surface area contributed by atoms with E-state index in [0.29, 0.717) is 6.54 Å². The Morgan fingerprint density at radius 3 is 2.35 bits per heavy atom. The SMILES string of the molecule is Cc1cc(C)c(NC(=O)C2CC(=O)N(c3cccc(C)c3C)C2)c(C)c1. The predicted molar refractivity (Wildman–Crippen MR) is 106 cm³/mol. The van der Waals surface area contributed by atoms with E-state index in [-0.39, 0.29) is 24.2 Å². The van der Waals surface area contributed by atoms with Crippen LogP contribution in [0.1, 0.15) is 34.2 Å². The third-order valence-electron chi connectivity index (χ3n) is 5.29. The number of rotatable bonds is 3. The normalized spacial score (nSPS) is 16.9. The first-order chi connectivity index (χ1) is 12.3. The zero-order chi connectivity index (χ0) is 19.0. The molecule has 26 heavy (non-hydrogen) atoms. The standard InChI is InChI=1S/C22H26N2O2/c1-13-9-15(3)21(16(4)10-13)23-22(26)18-11-20(25)24(12-18)19-8-6-7-14(2)17(19)5/h6-10,18H,11-12H2,1-5H3,(H,23,26). The number of aryl methyl sites for hydroxylation is 4. The average Bonchev–Trinajstić information content (AvgIpc) is 2.95. The molecule has 1 saturated heterocycles. The van der Waals surface area contributed by atoms with Crippen LogP contribution >= 0.6 is 0 Å². The lowest BCUT2D eigenvalue weighted by Gasteiger charge is -2.20. The van der Waals surface area contributed by atoms with E-state index in [4.69, 9.17) is 0 Å². The molecular weight excluding hydrogens is 324 g/mol. The van der Waals surface area contributed by atoms with Crippen LogP contribution in [0.5, 0.6) is 0 Å². The number of hydrogen-bond donors (Lipinski definition) is 1. The fraction of sp³-hybridized carbons (Fsp3) is 0.364. The monoisotopic (exact) mass is 350 g/mol. The maximum atomic E-state index is 12.8. The molecule has 3 rings (SSSR count). The summed E-state index contributed by atoms with van der Waals surface area (Å²) in [5, 5.41) is 3.05. The third kappa shape index (κ3) is 3.36. The summed E-state index contributed by atoms with van der Waals surface area (Å²) in [5.41, 5.74) is 7.28. The molecule has 0 bridgehead atoms. The van der Waals surface area contributed by atoms with Crippen LogP contribution in [0.2, 0.25) is 0 Å². The predicted octanol–water partition coefficient (Wildman–Crippen LogP) is 4.22. The van der Waals surface area contributed by atoms with E-state index >= 15 is 0 Å². The van der Waals surface area contributed by atoms with E-state index in [1.165, 1.54) is 5.56 Å². The third-order valence-corrected chi connectivity index (χ3v) is 5.29. The van der Waals surface area contributed by atoms with Crippen LogP contribution in [0.25, 0.3) is 0 Å². The second-order valence-electron chi connectivity index (χ2n) is 7.39. The van der Waals surface area contributed by atoms with Gasteiger partial charge in [0.1, 0.15) is 0 Å². The van der Waals surface area contributed by atoms with Crippen molar-refractivity contribution in [1.29, 1.82) is 0 Å². The molecule has 0 aromatic heterocycles. The van der Waals surface area contributed by atoms with Gasteiger partial charge in [-0.05, 0) is 62.9 Å². The van der Waals surface area contributed by atoms with Crippen LogP contribution in [0.4, 0.5) is 11.4 Å². The molecular formula is C22H26N2O2. The molecule has 1 N–H and O–H groups in total. The van der Waals surface area contributed by atoms with E-state index in [0.717, 1.165) is 33.6 Å². The summed E-state index contributed by atoms with van der Waals surface area (Å²) < 4.78 is 0. The van der Waals surface area contributed by atoms with Gasteiger partial charge < -0.3 is 10.2 Å². The van der Waals surface area contributed by atoms with Crippen molar-refractivity contribution in [2.45, 2.75) is 41.0 Å². The highest BCUT2D eigenvalue weighted by Gasteiger charge is 2.36. The fourth-order valence-electron chi connectivity index (χ4n) is 3.75. The van der Waals surface area contributed by atoms with Crippen molar-refractivity contribution in [1.82, 2.24) is 0 Å². The number of nitrogens with zero attached hydrogens (tertiary/aromatic N) is 1. The quantitative estimate of drug-likeness (QED) is 0.901. The minimum Gasteiger partial charge on any atom is -0.325 e. The molecule has 1 aliphatic heterocycles. The molecule has 1 unspecified atom stereocenters. The number of hydrogen-bond acceptors (Lipinski definition) is 2. The summed E-state index contributed by atoms with van der Waals surface area (Å²) in [4.78, 5) is 27.1. The second kappa shape index (κ2) is 6.94. The first kappa shape index (κ1) is 18.2. The van der Waals surface area contributed by atoms with Gasteiger partial charge in [0.15, 0.2) is 0 Å². The molecule has 2 amide bonds. The Labute approximate surface area is 155 Å². The van der Waals surface area contributed by atoms with Crippen molar-refractivity contribution in [2.24, 2.45) is 5.92 Å². The van der Waals surface area contributed by atoms with Gasteiger partial charge in [-0.2, -0.15) is 0 Å². The van der Waals surface area contributed by atoms with E-state index in [9.17, 15) is 9.59 Å². The number of anilines is 2. The Morgan fingerprint density at radius 2 is 1.69 bits per heavy atom. The summed E-state index contributed by atoms with van der Waals surface area (Å²) >= 11 is 0. The number of benzene rings is 2. The molecule has 2 aromatic carbocycles. The van der Waals surface area contributed by atoms with Crippen LogP contribution in [0, 0.1) is 40.5 Å². The molecule has 4 nitrogen and oxygen atoms in total. The van der Waals surface area contributed by atoms with Gasteiger partial charge in [-0.15, -0.1) is 0 Å². The van der Waals surface area contributed by atoms with Gasteiger partial charge in [-0.3, -0.25) is 9.59 Å². The van der Waals surface area contributed by atoms with Crippen LogP contribution in [-0.2, 0) is 9.59 Å². The molecule has 4 heteroatoms. The van der Waals surface area contributed by atoms with Crippen molar-refractivity contribution in [2.75, 3.05) is 16.8 Å². The largest absolute Gasteiger partial charge is 0.325 e. The Hall–Kier alpha value is -2.62. The minimum atomic E-state index is -0.331. The van der Waals surface area contributed by atoms with Gasteiger partial charge in [0, 0.05) is 24.3 Å². The van der Waals surface area contributed by atoms with Crippen molar-refractivity contribution >= 4 is 23.2 Å². The Kier molecular flexibility index (Phi) is 4.86. The molecule has 0 saturated carbocycles. The van der Waals surface area contributed by atoms with E-state index in [1.54, 1.807) is 4.90 Å². The van der Waals surface area contributed by atoms with Crippen molar-refractivity contribution in [3.8, 4) is 0 Å². The zero-order valence-corrected chi connectivity index (χ0v) is 16.1. The summed E-state index contributed by atoms with van der Waals surface area (Å²) in [6.45, 7) is 10.5. The van der Waals surface area contributed by atoms with Gasteiger partial charge in [0.2, 0.25) is 11.8 Å². The molecule has 0 radical (unpaired) electrons. The van der Waals surface area contributed by atoms with Gasteiger partial charge in [-0.25, -0.2) is 0 Å². The molecule has 1 aliphatic rings. The lowest BCUT2D eigenvalue weighted by molar-refractivity contribution is -0.122. The summed E-state index contributed by atoms with van der Waals surface area (Å²) in [5.74, 6) is -0.403. The van der Waals surface area contributed by atoms with Crippen LogP contribution < -0.4 is 10.2 Å². The highest BCUT2D eigenvalue weighted by atomic mass is 16.2. The molecule has 0 spiro atoms. The first-order valence-corrected chi connectivity index (χ1v) is 9.03. The summed E-state index contributed by atoms with van der Waals surface area (Å²) in [6.07, 6.45) is 0.253. The van der Waals surface area contributed by atoms with E-state index in [2.05, 4.69) is 17.4 Å². The van der Waals surface area contributed by atoms with E-state index in [1.807, 2.05) is 52.8 Å². The first-order valence-electron chi connectivity index (χ1n) is 9.03. The molecule has 136 valence electrons. The lowest BCUT2D eigenvalue weighted by atomic mass is 10.0. The minimum absolute atomic E-state index is 0.0104. The van der Waals surface area contributed by atoms with Crippen molar-refractivity contribution in [3.05, 3.63) is 58.1 Å². The number of nitrogens with one attached hydrogen (secondary N) is 1. The van der Waals surface area contributed by atoms with Crippen LogP contribution in [0.15, 0.2) is 30.3 Å². The number of amides is 2. The number of carbonyl (C=O) groups is 2. The highest BCUT2D eigenvalue weighted by molar-refractivity contribution is 6.04. The Morgan fingerprint density at radius 1 is 1.04 bits per heavy atom. The number of carbonyl (C=O) groups excluding carboxylic acids is 2. The maximum absolute atomic E-state index is 12.8. The molecule has 1 fully saturated rings. The fourth-order valence-corrected chi connectivity index (χ4v) is 3.75. The smallest absolute Gasteiger partial charge is 0.229 e. The Balaban J connectivity index is 1.79. The van der Waals surface area contributed by atoms with Gasteiger partial charge in [-0.1, -0.05) is 29.8 Å². The van der Waals surface area contributed by atoms with Gasteiger partial charge in [0.05, 0.1) is 5.92 Å². The zero-order valence-electron chi connectivity index (χ0n) is 16.1.